The van der Waals surface area contributed by atoms with Crippen molar-refractivity contribution in [1.29, 1.82) is 0 Å². The Morgan fingerprint density at radius 1 is 0.948 bits per heavy atom. The Morgan fingerprint density at radius 3 is 2.24 bits per heavy atom. The summed E-state index contributed by atoms with van der Waals surface area (Å²) in [5.74, 6) is -0.0714. The summed E-state index contributed by atoms with van der Waals surface area (Å²) in [6, 6.07) is 3.81. The van der Waals surface area contributed by atoms with Crippen molar-refractivity contribution >= 4 is 29.3 Å². The number of fused-ring (bicyclic) bond motifs is 7. The minimum Gasteiger partial charge on any atom is -0.481 e. The maximum absolute atomic E-state index is 14.4. The molecule has 1 heterocycles. The number of aromatic nitrogens is 1. The van der Waals surface area contributed by atoms with Gasteiger partial charge in [0, 0.05) is 49.1 Å². The van der Waals surface area contributed by atoms with Crippen LogP contribution in [0.1, 0.15) is 145 Å². The molecule has 0 aromatic carbocycles. The van der Waals surface area contributed by atoms with Crippen molar-refractivity contribution in [3.05, 3.63) is 40.2 Å². The number of rotatable bonds is 13. The number of aliphatic hydroxyl groups is 1. The highest BCUT2D eigenvalue weighted by atomic mass is 35.5. The van der Waals surface area contributed by atoms with Gasteiger partial charge in [-0.15, -0.1) is 0 Å². The first-order valence-corrected chi connectivity index (χ1v) is 22.6. The van der Waals surface area contributed by atoms with Crippen LogP contribution in [0, 0.1) is 56.2 Å². The van der Waals surface area contributed by atoms with Gasteiger partial charge in [-0.2, -0.15) is 0 Å². The van der Waals surface area contributed by atoms with E-state index in [1.807, 2.05) is 12.1 Å². The molecule has 5 aliphatic carbocycles. The van der Waals surface area contributed by atoms with Crippen LogP contribution in [0.2, 0.25) is 5.02 Å². The first kappa shape index (κ1) is 45.2. The van der Waals surface area contributed by atoms with E-state index in [2.05, 4.69) is 84.3 Å². The van der Waals surface area contributed by atoms with E-state index in [0.29, 0.717) is 29.8 Å². The number of ether oxygens (including phenoxy) is 1. The van der Waals surface area contributed by atoms with Gasteiger partial charge in [-0.05, 0) is 144 Å². The van der Waals surface area contributed by atoms with Gasteiger partial charge >= 0.3 is 11.9 Å². The Bertz CT molecular complexity index is 1770. The van der Waals surface area contributed by atoms with Gasteiger partial charge in [0.05, 0.1) is 28.7 Å². The van der Waals surface area contributed by atoms with Gasteiger partial charge in [0.2, 0.25) is 0 Å². The standard InChI is InChI=1S/C48H74ClN3O6/c1-29(2)40-34(53)25-48(37(54)28-52(24-23-51(11)12)30(3)33-15-13-31(49)27-50-33)22-21-46(9)32(41(40)48)14-16-36-45(8)19-18-38(58-39(55)26-43(4,5)42(56)57)44(6,7)35(45)17-20-47(36,46)10/h13,15,27,29-30,32,35-38,54H,14,16-26,28H2,1-12H3,(H,56,57)/t30-,32+,35-,36+,37+,38?,45-,46+,47+,48-/m0/s1. The molecule has 0 bridgehead atoms. The largest absolute Gasteiger partial charge is 0.481 e. The predicted octanol–water partition coefficient (Wildman–Crippen LogP) is 9.41. The van der Waals surface area contributed by atoms with Crippen molar-refractivity contribution in [1.82, 2.24) is 14.8 Å². The highest BCUT2D eigenvalue weighted by Crippen LogP contribution is 2.77. The number of carboxylic acid groups (broad SMARTS) is 1. The van der Waals surface area contributed by atoms with Gasteiger partial charge in [-0.25, -0.2) is 0 Å². The Hall–Kier alpha value is -2.33. The minimum atomic E-state index is -1.17. The molecule has 2 N–H and O–H groups in total. The zero-order chi connectivity index (χ0) is 43.0. The Kier molecular flexibility index (Phi) is 12.4. The Balaban J connectivity index is 1.30. The number of nitrogens with zero attached hydrogens (tertiary/aromatic N) is 3. The van der Waals surface area contributed by atoms with Crippen molar-refractivity contribution < 1.29 is 29.3 Å². The number of aliphatic hydroxyl groups excluding tert-OH is 1. The molecule has 6 rings (SSSR count). The lowest BCUT2D eigenvalue weighted by Gasteiger charge is -2.72. The van der Waals surface area contributed by atoms with Crippen molar-refractivity contribution in [3.8, 4) is 0 Å². The van der Waals surface area contributed by atoms with E-state index in [1.54, 1.807) is 20.0 Å². The number of pyridine rings is 1. The van der Waals surface area contributed by atoms with Crippen LogP contribution in [0.15, 0.2) is 29.5 Å². The molecule has 324 valence electrons. The monoisotopic (exact) mass is 824 g/mol. The number of likely N-dealkylation sites (N-methyl/N-ethyl adjacent to an activating group) is 1. The average molecular weight is 825 g/mol. The van der Waals surface area contributed by atoms with Crippen molar-refractivity contribution in [3.63, 3.8) is 0 Å². The van der Waals surface area contributed by atoms with Crippen LogP contribution in [-0.4, -0.2) is 88.7 Å². The third-order valence-corrected chi connectivity index (χ3v) is 17.7. The zero-order valence-electron chi connectivity index (χ0n) is 37.7. The molecule has 4 saturated carbocycles. The molecule has 58 heavy (non-hydrogen) atoms. The average Bonchev–Trinajstić information content (AvgIpc) is 3.44. The van der Waals surface area contributed by atoms with Crippen LogP contribution in [0.5, 0.6) is 0 Å². The number of aliphatic carboxylic acids is 1. The van der Waals surface area contributed by atoms with E-state index in [4.69, 9.17) is 16.3 Å². The molecule has 0 radical (unpaired) electrons. The normalized spacial score (nSPS) is 35.6. The Morgan fingerprint density at radius 2 is 1.64 bits per heavy atom. The number of hydrogen-bond acceptors (Lipinski definition) is 8. The summed E-state index contributed by atoms with van der Waals surface area (Å²) in [5.41, 5.74) is 1.18. The van der Waals surface area contributed by atoms with Gasteiger partial charge < -0.3 is 19.8 Å². The number of ketones is 1. The molecular formula is C48H74ClN3O6. The summed E-state index contributed by atoms with van der Waals surface area (Å²) in [4.78, 5) is 48.5. The summed E-state index contributed by atoms with van der Waals surface area (Å²) >= 11 is 6.23. The van der Waals surface area contributed by atoms with Crippen LogP contribution in [-0.2, 0) is 19.1 Å². The number of carbonyl (C=O) groups is 3. The Labute approximate surface area is 354 Å². The molecule has 1 unspecified atom stereocenters. The molecule has 9 nitrogen and oxygen atoms in total. The number of halogens is 1. The zero-order valence-corrected chi connectivity index (χ0v) is 38.5. The van der Waals surface area contributed by atoms with Crippen LogP contribution in [0.3, 0.4) is 0 Å². The number of Topliss-reactive ketones (excluding diaryl/α,β-unsaturated/α-hetero) is 1. The molecule has 5 aliphatic rings. The molecule has 4 fully saturated rings. The fourth-order valence-corrected chi connectivity index (χ4v) is 14.0. The van der Waals surface area contributed by atoms with Crippen LogP contribution >= 0.6 is 11.6 Å². The number of carboxylic acids is 1. The van der Waals surface area contributed by atoms with E-state index < -0.39 is 28.9 Å². The van der Waals surface area contributed by atoms with E-state index >= 15 is 0 Å². The third-order valence-electron chi connectivity index (χ3n) is 17.5. The molecule has 0 spiro atoms. The van der Waals surface area contributed by atoms with Gasteiger partial charge in [0.25, 0.3) is 0 Å². The summed E-state index contributed by atoms with van der Waals surface area (Å²) in [6.07, 6.45) is 8.66. The fraction of sp³-hybridized carbons (Fsp3) is 0.792. The number of allylic oxidation sites excluding steroid dienone is 1. The first-order valence-electron chi connectivity index (χ1n) is 22.2. The van der Waals surface area contributed by atoms with E-state index in [-0.39, 0.29) is 57.8 Å². The van der Waals surface area contributed by atoms with Crippen LogP contribution < -0.4 is 0 Å². The van der Waals surface area contributed by atoms with Crippen molar-refractivity contribution in [2.75, 3.05) is 33.7 Å². The molecule has 1 aromatic heterocycles. The molecule has 0 amide bonds. The molecule has 0 saturated heterocycles. The van der Waals surface area contributed by atoms with Gasteiger partial charge in [0.15, 0.2) is 5.78 Å². The summed E-state index contributed by atoms with van der Waals surface area (Å²) in [6.45, 7) is 23.9. The van der Waals surface area contributed by atoms with E-state index in [1.165, 1.54) is 5.57 Å². The minimum absolute atomic E-state index is 0.0244. The highest BCUT2D eigenvalue weighted by molar-refractivity contribution is 6.30. The second-order valence-corrected chi connectivity index (χ2v) is 22.4. The van der Waals surface area contributed by atoms with Crippen molar-refractivity contribution in [2.45, 2.75) is 152 Å². The second kappa shape index (κ2) is 15.9. The highest BCUT2D eigenvalue weighted by Gasteiger charge is 2.71. The quantitative estimate of drug-likeness (QED) is 0.188. The van der Waals surface area contributed by atoms with Gasteiger partial charge in [-0.1, -0.05) is 65.6 Å². The SMILES string of the molecule is CC(C)C1=C2[C@H]3CC[C@@H]4[C@@]5(C)CCC(OC(=O)CC(C)(C)C(=O)O)C(C)(C)[C@@H]5CC[C@@]4(C)[C@]3(C)CC[C@@]2([C@H](O)CN(CCN(C)C)[C@@H](C)c2ccc(Cl)cn2)CC1=O. The summed E-state index contributed by atoms with van der Waals surface area (Å²) < 4.78 is 6.20. The van der Waals surface area contributed by atoms with Crippen LogP contribution in [0.25, 0.3) is 0 Å². The topological polar surface area (TPSA) is 120 Å². The van der Waals surface area contributed by atoms with E-state index in [9.17, 15) is 24.6 Å². The number of esters is 1. The lowest BCUT2D eigenvalue weighted by atomic mass is 9.33. The van der Waals surface area contributed by atoms with Crippen LogP contribution in [0.4, 0.5) is 0 Å². The second-order valence-electron chi connectivity index (χ2n) is 21.9. The summed E-state index contributed by atoms with van der Waals surface area (Å²) in [7, 11) is 4.15. The third kappa shape index (κ3) is 7.42. The van der Waals surface area contributed by atoms with E-state index in [0.717, 1.165) is 75.7 Å². The number of carbonyl (C=O) groups excluding carboxylic acids is 2. The molecular weight excluding hydrogens is 750 g/mol. The molecule has 1 aromatic rings. The number of hydrogen-bond donors (Lipinski definition) is 2. The maximum Gasteiger partial charge on any atom is 0.309 e. The predicted molar refractivity (Wildman–Crippen MR) is 229 cm³/mol. The summed E-state index contributed by atoms with van der Waals surface area (Å²) in [5, 5.41) is 23.0. The first-order chi connectivity index (χ1) is 26.9. The fourth-order valence-electron chi connectivity index (χ4n) is 13.9. The molecule has 10 heteroatoms. The van der Waals surface area contributed by atoms with Crippen molar-refractivity contribution in [2.24, 2.45) is 56.2 Å². The van der Waals surface area contributed by atoms with Gasteiger partial charge in [-0.3, -0.25) is 24.3 Å². The maximum atomic E-state index is 14.4. The molecule has 0 aliphatic heterocycles. The lowest BCUT2D eigenvalue weighted by molar-refractivity contribution is -0.235. The lowest BCUT2D eigenvalue weighted by Crippen LogP contribution is -2.66. The smallest absolute Gasteiger partial charge is 0.309 e. The van der Waals surface area contributed by atoms with Gasteiger partial charge in [0.1, 0.15) is 6.10 Å². The molecule has 10 atom stereocenters.